The summed E-state index contributed by atoms with van der Waals surface area (Å²) in [6, 6.07) is 0. The number of rotatable bonds is 7. The molecule has 17 heteroatoms. The second-order valence-electron chi connectivity index (χ2n) is 21.3. The lowest BCUT2D eigenvalue weighted by atomic mass is 9.46. The average Bonchev–Trinajstić information content (AvgIpc) is 3.69. The molecule has 0 bridgehead atoms. The molecule has 5 heterocycles. The number of esters is 1. The largest absolute Gasteiger partial charge is 0.462 e. The van der Waals surface area contributed by atoms with Crippen molar-refractivity contribution in [1.29, 1.82) is 0 Å². The average molecular weight is 897 g/mol. The first-order valence-corrected chi connectivity index (χ1v) is 23.6. The van der Waals surface area contributed by atoms with Gasteiger partial charge in [0, 0.05) is 37.5 Å². The number of hydrogen-bond donors (Lipinski definition) is 7. The first-order chi connectivity index (χ1) is 29.8. The molecule has 0 radical (unpaired) electrons. The van der Waals surface area contributed by atoms with Crippen molar-refractivity contribution in [2.24, 2.45) is 46.3 Å². The van der Waals surface area contributed by atoms with Crippen molar-refractivity contribution in [3.05, 3.63) is 11.6 Å². The number of ether oxygens (including phenoxy) is 9. The molecule has 9 aliphatic rings. The van der Waals surface area contributed by atoms with Gasteiger partial charge in [-0.05, 0) is 81.0 Å². The minimum absolute atomic E-state index is 0.0429. The molecule has 7 N–H and O–H groups in total. The van der Waals surface area contributed by atoms with Crippen LogP contribution in [0.5, 0.6) is 0 Å². The summed E-state index contributed by atoms with van der Waals surface area (Å²) in [5.41, 5.74) is 0.608. The van der Waals surface area contributed by atoms with E-state index >= 15 is 0 Å². The highest BCUT2D eigenvalue weighted by Gasteiger charge is 2.70. The quantitative estimate of drug-likeness (QED) is 0.141. The van der Waals surface area contributed by atoms with Crippen LogP contribution in [0, 0.1) is 46.3 Å². The molecule has 3 saturated carbocycles. The summed E-state index contributed by atoms with van der Waals surface area (Å²) in [5.74, 6) is 1.09. The van der Waals surface area contributed by atoms with Crippen molar-refractivity contribution >= 4 is 5.97 Å². The van der Waals surface area contributed by atoms with E-state index in [1.54, 1.807) is 6.92 Å². The van der Waals surface area contributed by atoms with Crippen molar-refractivity contribution in [2.75, 3.05) is 13.2 Å². The Labute approximate surface area is 369 Å². The van der Waals surface area contributed by atoms with Crippen LogP contribution >= 0.6 is 0 Å². The lowest BCUT2D eigenvalue weighted by Gasteiger charge is -2.61. The van der Waals surface area contributed by atoms with Crippen LogP contribution in [0.1, 0.15) is 99.8 Å². The normalized spacial score (nSPS) is 56.8. The van der Waals surface area contributed by atoms with Gasteiger partial charge < -0.3 is 78.4 Å². The Balaban J connectivity index is 1.03. The topological polar surface area (TPSA) is 242 Å². The molecule has 63 heavy (non-hydrogen) atoms. The second kappa shape index (κ2) is 17.3. The van der Waals surface area contributed by atoms with Crippen molar-refractivity contribution in [2.45, 2.75) is 210 Å². The fourth-order valence-corrected chi connectivity index (χ4v) is 14.1. The Morgan fingerprint density at radius 1 is 0.746 bits per heavy atom. The van der Waals surface area contributed by atoms with Gasteiger partial charge in [0.2, 0.25) is 0 Å². The summed E-state index contributed by atoms with van der Waals surface area (Å²) in [5, 5.41) is 75.8. The number of carbonyl (C=O) groups excluding carboxylic acids is 1. The van der Waals surface area contributed by atoms with Gasteiger partial charge >= 0.3 is 5.97 Å². The Bertz CT molecular complexity index is 1690. The van der Waals surface area contributed by atoms with Gasteiger partial charge in [0.25, 0.3) is 0 Å². The fourth-order valence-electron chi connectivity index (χ4n) is 14.1. The molecule has 5 saturated heterocycles. The van der Waals surface area contributed by atoms with E-state index in [0.29, 0.717) is 36.5 Å². The molecule has 358 valence electrons. The standard InChI is InChI=1S/C46H72O17/c1-19-10-13-46(56-17-19)20(2)32-30(63-46)16-28-26-9-8-24-14-25(59-23(5)47)15-31(45(24,7)27(26)11-12-44(28,32)6)60-43-40(62-42-38(54)36(52)33(49)21(3)57-42)39(34(50)22(4)58-43)61-41-37(53)35(51)29(48)18-55-41/h8,19-22,25-43,48-54H,9-18H2,1-7H3. The SMILES string of the molecule is CC(=O)OC1CC2=CCC3C4CC5OC6(CCC(C)CO6)C(C)C5C4(C)CCC3C2(C)C(OC2OC(C)C(O)C(OC3OCC(O)C(O)C3O)C2OC2OC(C)C(O)C(O)C2O)C1. The van der Waals surface area contributed by atoms with Crippen molar-refractivity contribution in [3.8, 4) is 0 Å². The Hall–Kier alpha value is -1.39. The van der Waals surface area contributed by atoms with Crippen molar-refractivity contribution in [1.82, 2.24) is 0 Å². The van der Waals surface area contributed by atoms with Gasteiger partial charge in [-0.15, -0.1) is 0 Å². The number of allylic oxidation sites excluding steroid dienone is 1. The molecule has 4 aliphatic carbocycles. The van der Waals surface area contributed by atoms with Gasteiger partial charge in [-0.2, -0.15) is 0 Å². The van der Waals surface area contributed by atoms with Crippen molar-refractivity contribution < 1.29 is 83.2 Å². The van der Waals surface area contributed by atoms with Gasteiger partial charge in [0.15, 0.2) is 24.7 Å². The summed E-state index contributed by atoms with van der Waals surface area (Å²) in [6.45, 7) is 14.2. The predicted molar refractivity (Wildman–Crippen MR) is 218 cm³/mol. The first kappa shape index (κ1) is 46.7. The van der Waals surface area contributed by atoms with Gasteiger partial charge in [-0.1, -0.05) is 39.3 Å². The molecule has 26 unspecified atom stereocenters. The smallest absolute Gasteiger partial charge is 0.302 e. The molecule has 1 spiro atoms. The fraction of sp³-hybridized carbons (Fsp3) is 0.935. The van der Waals surface area contributed by atoms with Gasteiger partial charge in [-0.3, -0.25) is 4.79 Å². The first-order valence-electron chi connectivity index (χ1n) is 23.6. The number of aliphatic hydroxyl groups excluding tert-OH is 7. The molecule has 5 aliphatic heterocycles. The Kier molecular flexibility index (Phi) is 12.8. The summed E-state index contributed by atoms with van der Waals surface area (Å²) >= 11 is 0. The van der Waals surface area contributed by atoms with Crippen LogP contribution in [0.15, 0.2) is 11.6 Å². The maximum absolute atomic E-state index is 12.5. The zero-order valence-corrected chi connectivity index (χ0v) is 37.6. The zero-order valence-electron chi connectivity index (χ0n) is 37.6. The molecule has 26 atom stereocenters. The van der Waals surface area contributed by atoms with E-state index in [1.165, 1.54) is 13.8 Å². The predicted octanol–water partition coefficient (Wildman–Crippen LogP) is 1.42. The van der Waals surface area contributed by atoms with E-state index in [0.717, 1.165) is 50.7 Å². The van der Waals surface area contributed by atoms with Crippen LogP contribution in [-0.4, -0.2) is 165 Å². The van der Waals surface area contributed by atoms with Crippen LogP contribution < -0.4 is 0 Å². The molecular weight excluding hydrogens is 824 g/mol. The maximum atomic E-state index is 12.5. The minimum Gasteiger partial charge on any atom is -0.462 e. The molecule has 9 rings (SSSR count). The Morgan fingerprint density at radius 3 is 2.16 bits per heavy atom. The summed E-state index contributed by atoms with van der Waals surface area (Å²) in [7, 11) is 0. The van der Waals surface area contributed by atoms with Crippen LogP contribution in [0.3, 0.4) is 0 Å². The van der Waals surface area contributed by atoms with Crippen molar-refractivity contribution in [3.63, 3.8) is 0 Å². The third kappa shape index (κ3) is 7.78. The van der Waals surface area contributed by atoms with E-state index in [4.69, 9.17) is 42.6 Å². The van der Waals surface area contributed by atoms with Gasteiger partial charge in [0.05, 0.1) is 37.6 Å². The summed E-state index contributed by atoms with van der Waals surface area (Å²) in [6.07, 6.45) is -12.3. The molecule has 0 amide bonds. The molecule has 17 nitrogen and oxygen atoms in total. The van der Waals surface area contributed by atoms with E-state index in [-0.39, 0.29) is 30.0 Å². The van der Waals surface area contributed by atoms with Gasteiger partial charge in [-0.25, -0.2) is 0 Å². The third-order valence-electron chi connectivity index (χ3n) is 17.6. The van der Waals surface area contributed by atoms with Gasteiger partial charge in [0.1, 0.15) is 61.0 Å². The monoisotopic (exact) mass is 896 g/mol. The highest BCUT2D eigenvalue weighted by Crippen LogP contribution is 2.71. The van der Waals surface area contributed by atoms with Crippen LogP contribution in [0.4, 0.5) is 0 Å². The molecule has 0 aromatic carbocycles. The summed E-state index contributed by atoms with van der Waals surface area (Å²) in [4.78, 5) is 12.5. The lowest BCUT2D eigenvalue weighted by Crippen LogP contribution is -2.66. The lowest BCUT2D eigenvalue weighted by molar-refractivity contribution is -0.391. The van der Waals surface area contributed by atoms with E-state index in [2.05, 4.69) is 33.8 Å². The number of hydrogen-bond acceptors (Lipinski definition) is 17. The molecule has 0 aromatic rings. The number of carbonyl (C=O) groups is 1. The third-order valence-corrected chi connectivity index (χ3v) is 17.6. The zero-order chi connectivity index (χ0) is 45.1. The highest BCUT2D eigenvalue weighted by atomic mass is 16.8. The van der Waals surface area contributed by atoms with E-state index in [1.807, 2.05) is 0 Å². The molecule has 0 aromatic heterocycles. The van der Waals surface area contributed by atoms with Crippen LogP contribution in [-0.2, 0) is 47.4 Å². The van der Waals surface area contributed by atoms with Crippen LogP contribution in [0.25, 0.3) is 0 Å². The Morgan fingerprint density at radius 2 is 1.44 bits per heavy atom. The minimum atomic E-state index is -1.74. The molecular formula is C46H72O17. The summed E-state index contributed by atoms with van der Waals surface area (Å²) < 4.78 is 57.3. The maximum Gasteiger partial charge on any atom is 0.302 e. The number of aliphatic hydroxyl groups is 7. The van der Waals surface area contributed by atoms with Crippen LogP contribution in [0.2, 0.25) is 0 Å². The van der Waals surface area contributed by atoms with E-state index < -0.39 is 115 Å². The number of fused-ring (bicyclic) bond motifs is 7. The molecule has 8 fully saturated rings. The van der Waals surface area contributed by atoms with E-state index in [9.17, 15) is 40.5 Å². The second-order valence-corrected chi connectivity index (χ2v) is 21.3. The highest BCUT2D eigenvalue weighted by molar-refractivity contribution is 5.66.